The zero-order chi connectivity index (χ0) is 14.7. The van der Waals surface area contributed by atoms with E-state index in [9.17, 15) is 4.79 Å². The fraction of sp³-hybridized carbons (Fsp3) is 0.0588. The van der Waals surface area contributed by atoms with Gasteiger partial charge in [0.25, 0.3) is 0 Å². The van der Waals surface area contributed by atoms with Crippen molar-refractivity contribution >= 4 is 22.9 Å². The van der Waals surface area contributed by atoms with Gasteiger partial charge in [-0.2, -0.15) is 5.10 Å². The minimum absolute atomic E-state index is 0.384. The maximum atomic E-state index is 11.6. The van der Waals surface area contributed by atoms with Gasteiger partial charge in [-0.15, -0.1) is 0 Å². The third kappa shape index (κ3) is 2.84. The summed E-state index contributed by atoms with van der Waals surface area (Å²) in [6, 6.07) is 18.7. The fourth-order valence-electron chi connectivity index (χ4n) is 2.12. The van der Waals surface area contributed by atoms with Gasteiger partial charge in [-0.25, -0.2) is 4.79 Å². The lowest BCUT2D eigenvalue weighted by Crippen LogP contribution is -2.12. The van der Waals surface area contributed by atoms with Gasteiger partial charge in [-0.05, 0) is 17.7 Å². The summed E-state index contributed by atoms with van der Waals surface area (Å²) in [7, 11) is 1.81. The summed E-state index contributed by atoms with van der Waals surface area (Å²) in [4.78, 5) is 11.6. The molecule has 1 aromatic heterocycles. The molecule has 21 heavy (non-hydrogen) atoms. The molecule has 0 atom stereocenters. The van der Waals surface area contributed by atoms with Crippen LogP contribution in [0.2, 0.25) is 0 Å². The molecule has 0 spiro atoms. The van der Waals surface area contributed by atoms with E-state index in [-0.39, 0.29) is 5.63 Å². The number of hydrazone groups is 1. The molecule has 0 saturated carbocycles. The van der Waals surface area contributed by atoms with E-state index < -0.39 is 0 Å². The van der Waals surface area contributed by atoms with Gasteiger partial charge < -0.3 is 4.42 Å². The van der Waals surface area contributed by atoms with Crippen LogP contribution < -0.4 is 10.6 Å². The van der Waals surface area contributed by atoms with Crippen molar-refractivity contribution in [3.63, 3.8) is 0 Å². The second-order valence-corrected chi connectivity index (χ2v) is 4.63. The molecule has 104 valence electrons. The SMILES string of the molecule is CN(/N=C/c1ccccc1)c1cc(=O)oc2ccccc12. The molecule has 0 fully saturated rings. The van der Waals surface area contributed by atoms with Crippen molar-refractivity contribution in [3.05, 3.63) is 76.6 Å². The fourth-order valence-corrected chi connectivity index (χ4v) is 2.12. The highest BCUT2D eigenvalue weighted by Gasteiger charge is 2.08. The van der Waals surface area contributed by atoms with Gasteiger partial charge >= 0.3 is 5.63 Å². The third-order valence-corrected chi connectivity index (χ3v) is 3.16. The summed E-state index contributed by atoms with van der Waals surface area (Å²) in [6.45, 7) is 0. The predicted octanol–water partition coefficient (Wildman–Crippen LogP) is 3.26. The van der Waals surface area contributed by atoms with Crippen molar-refractivity contribution in [3.8, 4) is 0 Å². The molecule has 0 N–H and O–H groups in total. The van der Waals surface area contributed by atoms with Crippen LogP contribution in [0.15, 0.2) is 75.0 Å². The number of anilines is 1. The van der Waals surface area contributed by atoms with E-state index in [2.05, 4.69) is 5.10 Å². The average molecular weight is 278 g/mol. The lowest BCUT2D eigenvalue weighted by atomic mass is 10.2. The Labute approximate surface area is 121 Å². The molecule has 2 aromatic carbocycles. The first kappa shape index (κ1) is 13.1. The predicted molar refractivity (Wildman–Crippen MR) is 84.9 cm³/mol. The van der Waals surface area contributed by atoms with E-state index in [1.165, 1.54) is 6.07 Å². The Bertz CT molecular complexity index is 838. The molecule has 0 radical (unpaired) electrons. The summed E-state index contributed by atoms with van der Waals surface area (Å²) < 4.78 is 5.18. The molecule has 4 nitrogen and oxygen atoms in total. The molecule has 0 bridgehead atoms. The Morgan fingerprint density at radius 3 is 2.57 bits per heavy atom. The van der Waals surface area contributed by atoms with E-state index >= 15 is 0 Å². The van der Waals surface area contributed by atoms with Crippen molar-refractivity contribution in [1.82, 2.24) is 0 Å². The van der Waals surface area contributed by atoms with Crippen LogP contribution >= 0.6 is 0 Å². The minimum Gasteiger partial charge on any atom is -0.423 e. The third-order valence-electron chi connectivity index (χ3n) is 3.16. The van der Waals surface area contributed by atoms with Crippen LogP contribution in [-0.4, -0.2) is 13.3 Å². The Hall–Kier alpha value is -2.88. The standard InChI is InChI=1S/C17H14N2O2/c1-19(18-12-13-7-3-2-4-8-13)15-11-17(20)21-16-10-6-5-9-14(15)16/h2-12H,1H3/b18-12+. The summed E-state index contributed by atoms with van der Waals surface area (Å²) in [5.41, 5.74) is 1.89. The number of hydrogen-bond acceptors (Lipinski definition) is 4. The van der Waals surface area contributed by atoms with E-state index in [0.717, 1.165) is 10.9 Å². The molecule has 0 amide bonds. The molecule has 0 aliphatic heterocycles. The van der Waals surface area contributed by atoms with Crippen LogP contribution in [0.1, 0.15) is 5.56 Å². The normalized spacial score (nSPS) is 11.1. The lowest BCUT2D eigenvalue weighted by molar-refractivity contribution is 0.561. The first-order valence-electron chi connectivity index (χ1n) is 6.60. The zero-order valence-electron chi connectivity index (χ0n) is 11.6. The second kappa shape index (κ2) is 5.63. The lowest BCUT2D eigenvalue weighted by Gasteiger charge is -2.14. The molecule has 0 aliphatic rings. The molecular formula is C17H14N2O2. The average Bonchev–Trinajstić information content (AvgIpc) is 2.52. The van der Waals surface area contributed by atoms with Crippen LogP contribution in [0.3, 0.4) is 0 Å². The van der Waals surface area contributed by atoms with Gasteiger partial charge in [0.15, 0.2) is 0 Å². The van der Waals surface area contributed by atoms with Crippen molar-refractivity contribution in [2.75, 3.05) is 12.1 Å². The number of benzene rings is 2. The Kier molecular flexibility index (Phi) is 3.51. The Balaban J connectivity index is 2.00. The number of nitrogens with zero attached hydrogens (tertiary/aromatic N) is 2. The molecule has 3 aromatic rings. The van der Waals surface area contributed by atoms with E-state index in [1.807, 2.05) is 48.5 Å². The van der Waals surface area contributed by atoms with E-state index in [0.29, 0.717) is 11.3 Å². The van der Waals surface area contributed by atoms with Crippen LogP contribution in [0, 0.1) is 0 Å². The molecule has 0 saturated heterocycles. The minimum atomic E-state index is -0.384. The van der Waals surface area contributed by atoms with Gasteiger partial charge in [-0.1, -0.05) is 42.5 Å². The van der Waals surface area contributed by atoms with Crippen LogP contribution in [0.4, 0.5) is 5.69 Å². The zero-order valence-corrected chi connectivity index (χ0v) is 11.6. The molecule has 4 heteroatoms. The quantitative estimate of drug-likeness (QED) is 0.419. The maximum Gasteiger partial charge on any atom is 0.338 e. The summed E-state index contributed by atoms with van der Waals surface area (Å²) >= 11 is 0. The summed E-state index contributed by atoms with van der Waals surface area (Å²) in [5, 5.41) is 6.91. The molecule has 0 unspecified atom stereocenters. The highest BCUT2D eigenvalue weighted by molar-refractivity contribution is 5.90. The van der Waals surface area contributed by atoms with Crippen molar-refractivity contribution in [1.29, 1.82) is 0 Å². The maximum absolute atomic E-state index is 11.6. The molecule has 1 heterocycles. The molecule has 3 rings (SSSR count). The highest BCUT2D eigenvalue weighted by Crippen LogP contribution is 2.24. The number of fused-ring (bicyclic) bond motifs is 1. The van der Waals surface area contributed by atoms with Crippen molar-refractivity contribution in [2.24, 2.45) is 5.10 Å². The second-order valence-electron chi connectivity index (χ2n) is 4.63. The van der Waals surface area contributed by atoms with Crippen molar-refractivity contribution in [2.45, 2.75) is 0 Å². The van der Waals surface area contributed by atoms with Gasteiger partial charge in [0.1, 0.15) is 5.58 Å². The number of rotatable bonds is 3. The monoisotopic (exact) mass is 278 g/mol. The van der Waals surface area contributed by atoms with Crippen molar-refractivity contribution < 1.29 is 4.42 Å². The smallest absolute Gasteiger partial charge is 0.338 e. The van der Waals surface area contributed by atoms with Gasteiger partial charge in [-0.3, -0.25) is 5.01 Å². The topological polar surface area (TPSA) is 45.8 Å². The van der Waals surface area contributed by atoms with Gasteiger partial charge in [0.2, 0.25) is 0 Å². The number of para-hydroxylation sites is 1. The van der Waals surface area contributed by atoms with Crippen LogP contribution in [0.5, 0.6) is 0 Å². The molecule has 0 aliphatic carbocycles. The molecular weight excluding hydrogens is 264 g/mol. The van der Waals surface area contributed by atoms with Gasteiger partial charge in [0.05, 0.1) is 11.9 Å². The van der Waals surface area contributed by atoms with E-state index in [1.54, 1.807) is 24.3 Å². The Morgan fingerprint density at radius 2 is 1.76 bits per heavy atom. The van der Waals surface area contributed by atoms with Crippen LogP contribution in [-0.2, 0) is 0 Å². The van der Waals surface area contributed by atoms with E-state index in [4.69, 9.17) is 4.42 Å². The Morgan fingerprint density at radius 1 is 1.05 bits per heavy atom. The number of hydrogen-bond donors (Lipinski definition) is 0. The largest absolute Gasteiger partial charge is 0.423 e. The van der Waals surface area contributed by atoms with Gasteiger partial charge in [0, 0.05) is 18.5 Å². The first-order valence-corrected chi connectivity index (χ1v) is 6.60. The summed E-state index contributed by atoms with van der Waals surface area (Å²) in [5.74, 6) is 0. The van der Waals surface area contributed by atoms with Crippen LogP contribution in [0.25, 0.3) is 11.0 Å². The summed E-state index contributed by atoms with van der Waals surface area (Å²) in [6.07, 6.45) is 1.75. The first-order chi connectivity index (χ1) is 10.2. The highest BCUT2D eigenvalue weighted by atomic mass is 16.4.